The predicted molar refractivity (Wildman–Crippen MR) is 112 cm³/mol. The molecular formula is C20H23N5O2S. The van der Waals surface area contributed by atoms with Gasteiger partial charge in [0.25, 0.3) is 0 Å². The van der Waals surface area contributed by atoms with E-state index < -0.39 is 0 Å². The molecule has 0 saturated carbocycles. The van der Waals surface area contributed by atoms with Crippen molar-refractivity contribution < 1.29 is 9.53 Å². The molecule has 7 nitrogen and oxygen atoms in total. The van der Waals surface area contributed by atoms with Crippen molar-refractivity contribution in [1.29, 1.82) is 0 Å². The summed E-state index contributed by atoms with van der Waals surface area (Å²) >= 11 is 1.56. The number of anilines is 2. The number of rotatable bonds is 5. The van der Waals surface area contributed by atoms with Gasteiger partial charge in [0.15, 0.2) is 0 Å². The third-order valence-electron chi connectivity index (χ3n) is 5.02. The molecule has 1 aromatic carbocycles. The summed E-state index contributed by atoms with van der Waals surface area (Å²) in [6, 6.07) is 9.90. The van der Waals surface area contributed by atoms with Crippen LogP contribution in [-0.4, -0.2) is 54.1 Å². The highest BCUT2D eigenvalue weighted by molar-refractivity contribution is 7.16. The topological polar surface area (TPSA) is 84.6 Å². The minimum absolute atomic E-state index is 0.186. The first-order valence-corrected chi connectivity index (χ1v) is 10.2. The molecule has 3 heterocycles. The minimum Gasteiger partial charge on any atom is -0.497 e. The zero-order chi connectivity index (χ0) is 19.5. The van der Waals surface area contributed by atoms with Crippen LogP contribution in [0.3, 0.4) is 0 Å². The maximum absolute atomic E-state index is 12.6. The second-order valence-corrected chi connectivity index (χ2v) is 7.66. The molecule has 3 aromatic rings. The van der Waals surface area contributed by atoms with E-state index in [0.29, 0.717) is 31.9 Å². The van der Waals surface area contributed by atoms with E-state index in [1.54, 1.807) is 18.4 Å². The molecule has 4 rings (SSSR count). The molecular weight excluding hydrogens is 374 g/mol. The van der Waals surface area contributed by atoms with Crippen molar-refractivity contribution in [3.8, 4) is 5.75 Å². The molecule has 28 heavy (non-hydrogen) atoms. The van der Waals surface area contributed by atoms with Crippen molar-refractivity contribution in [3.63, 3.8) is 0 Å². The number of carbonyl (C=O) groups excluding carboxylic acids is 1. The average molecular weight is 398 g/mol. The summed E-state index contributed by atoms with van der Waals surface area (Å²) in [6.45, 7) is 2.86. The first-order chi connectivity index (χ1) is 13.6. The summed E-state index contributed by atoms with van der Waals surface area (Å²) in [5.74, 6) is 2.17. The smallest absolute Gasteiger partial charge is 0.223 e. The van der Waals surface area contributed by atoms with E-state index in [9.17, 15) is 4.79 Å². The van der Waals surface area contributed by atoms with Gasteiger partial charge in [0.1, 0.15) is 16.4 Å². The molecule has 0 aliphatic carbocycles. The van der Waals surface area contributed by atoms with E-state index in [4.69, 9.17) is 10.5 Å². The van der Waals surface area contributed by atoms with Gasteiger partial charge in [-0.25, -0.2) is 4.98 Å². The van der Waals surface area contributed by atoms with Crippen LogP contribution in [0.2, 0.25) is 0 Å². The molecule has 0 radical (unpaired) electrons. The van der Waals surface area contributed by atoms with Gasteiger partial charge in [0.2, 0.25) is 11.9 Å². The zero-order valence-electron chi connectivity index (χ0n) is 15.8. The summed E-state index contributed by atoms with van der Waals surface area (Å²) in [6.07, 6.45) is 1.22. The molecule has 1 fully saturated rings. The monoisotopic (exact) mass is 397 g/mol. The molecule has 0 unspecified atom stereocenters. The summed E-state index contributed by atoms with van der Waals surface area (Å²) in [4.78, 5) is 26.4. The maximum atomic E-state index is 12.6. The highest BCUT2D eigenvalue weighted by Gasteiger charge is 2.23. The zero-order valence-corrected chi connectivity index (χ0v) is 16.6. The molecule has 2 aromatic heterocycles. The number of amides is 1. The molecule has 146 valence electrons. The Morgan fingerprint density at radius 3 is 2.82 bits per heavy atom. The van der Waals surface area contributed by atoms with Gasteiger partial charge in [-0.15, -0.1) is 11.3 Å². The third kappa shape index (κ3) is 3.87. The Kier molecular flexibility index (Phi) is 5.29. The van der Waals surface area contributed by atoms with Crippen molar-refractivity contribution >= 4 is 39.2 Å². The van der Waals surface area contributed by atoms with Gasteiger partial charge in [-0.1, -0.05) is 12.1 Å². The van der Waals surface area contributed by atoms with Crippen LogP contribution >= 0.6 is 11.3 Å². The van der Waals surface area contributed by atoms with E-state index in [0.717, 1.165) is 40.4 Å². The van der Waals surface area contributed by atoms with Gasteiger partial charge < -0.3 is 20.3 Å². The number of methoxy groups -OCH3 is 1. The van der Waals surface area contributed by atoms with E-state index in [2.05, 4.69) is 14.9 Å². The number of aromatic nitrogens is 2. The number of thiophene rings is 1. The average Bonchev–Trinajstić information content (AvgIpc) is 3.20. The summed E-state index contributed by atoms with van der Waals surface area (Å²) in [7, 11) is 1.65. The van der Waals surface area contributed by atoms with E-state index in [1.807, 2.05) is 40.6 Å². The van der Waals surface area contributed by atoms with Crippen molar-refractivity contribution in [1.82, 2.24) is 14.9 Å². The SMILES string of the molecule is COc1cccc(CCC(=O)N2CCN(c3nc(N)nc4sccc34)CC2)c1. The van der Waals surface area contributed by atoms with Crippen LogP contribution in [0.25, 0.3) is 10.2 Å². The highest BCUT2D eigenvalue weighted by Crippen LogP contribution is 2.29. The lowest BCUT2D eigenvalue weighted by atomic mass is 10.1. The van der Waals surface area contributed by atoms with Crippen LogP contribution in [0.15, 0.2) is 35.7 Å². The largest absolute Gasteiger partial charge is 0.497 e. The highest BCUT2D eigenvalue weighted by atomic mass is 32.1. The van der Waals surface area contributed by atoms with Crippen molar-refractivity contribution in [3.05, 3.63) is 41.3 Å². The van der Waals surface area contributed by atoms with Crippen LogP contribution in [0.1, 0.15) is 12.0 Å². The number of hydrogen-bond acceptors (Lipinski definition) is 7. The number of nitrogens with two attached hydrogens (primary N) is 1. The Bertz CT molecular complexity index is 982. The van der Waals surface area contributed by atoms with E-state index >= 15 is 0 Å². The number of nitrogen functional groups attached to an aromatic ring is 1. The lowest BCUT2D eigenvalue weighted by Crippen LogP contribution is -2.49. The Labute approximate surface area is 167 Å². The fraction of sp³-hybridized carbons (Fsp3) is 0.350. The van der Waals surface area contributed by atoms with Crippen LogP contribution in [0.5, 0.6) is 5.75 Å². The molecule has 0 bridgehead atoms. The van der Waals surface area contributed by atoms with Crippen LogP contribution in [0.4, 0.5) is 11.8 Å². The van der Waals surface area contributed by atoms with Gasteiger partial charge in [0, 0.05) is 32.6 Å². The summed E-state index contributed by atoms with van der Waals surface area (Å²) in [5.41, 5.74) is 6.98. The lowest BCUT2D eigenvalue weighted by molar-refractivity contribution is -0.131. The first kappa shape index (κ1) is 18.5. The number of carbonyl (C=O) groups is 1. The minimum atomic E-state index is 0.186. The molecule has 1 amide bonds. The molecule has 8 heteroatoms. The predicted octanol–water partition coefficient (Wildman–Crippen LogP) is 2.56. The van der Waals surface area contributed by atoms with Crippen LogP contribution in [0, 0.1) is 0 Å². The second-order valence-electron chi connectivity index (χ2n) is 6.76. The Balaban J connectivity index is 1.35. The van der Waals surface area contributed by atoms with E-state index in [-0.39, 0.29) is 5.91 Å². The number of aryl methyl sites for hydroxylation is 1. The number of ether oxygens (including phenoxy) is 1. The standard InChI is InChI=1S/C20H23N5O2S/c1-27-15-4-2-3-14(13-15)5-6-17(26)24-8-10-25(11-9-24)18-16-7-12-28-19(16)23-20(21)22-18/h2-4,7,12-13H,5-6,8-11H2,1H3,(H2,21,22,23). The third-order valence-corrected chi connectivity index (χ3v) is 5.82. The quantitative estimate of drug-likeness (QED) is 0.712. The van der Waals surface area contributed by atoms with E-state index in [1.165, 1.54) is 0 Å². The number of piperazine rings is 1. The van der Waals surface area contributed by atoms with Crippen molar-refractivity contribution in [2.24, 2.45) is 0 Å². The van der Waals surface area contributed by atoms with Gasteiger partial charge in [-0.05, 0) is 35.6 Å². The Morgan fingerprint density at radius 2 is 2.04 bits per heavy atom. The molecule has 1 aliphatic heterocycles. The molecule has 1 aliphatic rings. The first-order valence-electron chi connectivity index (χ1n) is 9.30. The van der Waals surface area contributed by atoms with Crippen LogP contribution in [-0.2, 0) is 11.2 Å². The van der Waals surface area contributed by atoms with Gasteiger partial charge in [-0.2, -0.15) is 4.98 Å². The number of hydrogen-bond donors (Lipinski definition) is 1. The Hall–Kier alpha value is -2.87. The van der Waals surface area contributed by atoms with Gasteiger partial charge in [-0.3, -0.25) is 4.79 Å². The number of benzene rings is 1. The van der Waals surface area contributed by atoms with Crippen LogP contribution < -0.4 is 15.4 Å². The van der Waals surface area contributed by atoms with Gasteiger partial charge in [0.05, 0.1) is 12.5 Å². The molecule has 1 saturated heterocycles. The number of nitrogens with zero attached hydrogens (tertiary/aromatic N) is 4. The summed E-state index contributed by atoms with van der Waals surface area (Å²) in [5, 5.41) is 3.03. The molecule has 2 N–H and O–H groups in total. The molecule has 0 atom stereocenters. The summed E-state index contributed by atoms with van der Waals surface area (Å²) < 4.78 is 5.25. The van der Waals surface area contributed by atoms with Crippen molar-refractivity contribution in [2.45, 2.75) is 12.8 Å². The molecule has 0 spiro atoms. The lowest BCUT2D eigenvalue weighted by Gasteiger charge is -2.35. The fourth-order valence-electron chi connectivity index (χ4n) is 3.50. The second kappa shape index (κ2) is 8.02. The maximum Gasteiger partial charge on any atom is 0.223 e. The Morgan fingerprint density at radius 1 is 1.21 bits per heavy atom. The normalized spacial score (nSPS) is 14.5. The van der Waals surface area contributed by atoms with Gasteiger partial charge >= 0.3 is 0 Å². The van der Waals surface area contributed by atoms with Crippen molar-refractivity contribution in [2.75, 3.05) is 43.9 Å². The number of fused-ring (bicyclic) bond motifs is 1. The fourth-order valence-corrected chi connectivity index (χ4v) is 4.27.